The molecule has 1 aromatic rings. The Kier molecular flexibility index (Phi) is 5.08. The minimum atomic E-state index is -0.0133. The number of nitrogens with one attached hydrogen (secondary N) is 1. The molecule has 104 valence electrons. The van der Waals surface area contributed by atoms with E-state index in [1.807, 2.05) is 11.8 Å². The largest absolute Gasteiger partial charge is 0.337 e. The monoisotopic (exact) mass is 300 g/mol. The second kappa shape index (κ2) is 6.60. The number of carbonyl (C=O) groups is 1. The molecular weight excluding hydrogens is 283 g/mol. The number of amides is 1. The van der Waals surface area contributed by atoms with Gasteiger partial charge in [-0.1, -0.05) is 23.2 Å². The first-order valence-electron chi connectivity index (χ1n) is 6.59. The topological polar surface area (TPSA) is 32.3 Å². The number of carbonyl (C=O) groups excluding carboxylic acids is 1. The highest BCUT2D eigenvalue weighted by Gasteiger charge is 2.21. The summed E-state index contributed by atoms with van der Waals surface area (Å²) in [7, 11) is 0. The van der Waals surface area contributed by atoms with Crippen LogP contribution in [0.1, 0.15) is 30.1 Å². The molecule has 1 aliphatic rings. The molecule has 3 nitrogen and oxygen atoms in total. The molecule has 1 N–H and O–H groups in total. The van der Waals surface area contributed by atoms with E-state index in [1.165, 1.54) is 6.42 Å². The fourth-order valence-corrected chi connectivity index (χ4v) is 2.92. The summed E-state index contributed by atoms with van der Waals surface area (Å²) in [6.07, 6.45) is 2.31. The molecule has 5 heteroatoms. The molecule has 0 aromatic heterocycles. The molecule has 1 unspecified atom stereocenters. The fourth-order valence-electron chi connectivity index (χ4n) is 2.39. The van der Waals surface area contributed by atoms with Gasteiger partial charge in [0.1, 0.15) is 0 Å². The molecule has 2 rings (SSSR count). The van der Waals surface area contributed by atoms with Crippen LogP contribution in [-0.4, -0.2) is 36.5 Å². The van der Waals surface area contributed by atoms with Crippen LogP contribution in [-0.2, 0) is 0 Å². The van der Waals surface area contributed by atoms with E-state index in [9.17, 15) is 4.79 Å². The van der Waals surface area contributed by atoms with Gasteiger partial charge in [0.05, 0.1) is 0 Å². The van der Waals surface area contributed by atoms with Crippen LogP contribution in [0.5, 0.6) is 0 Å². The summed E-state index contributed by atoms with van der Waals surface area (Å²) in [6, 6.07) is 5.37. The van der Waals surface area contributed by atoms with E-state index >= 15 is 0 Å². The summed E-state index contributed by atoms with van der Waals surface area (Å²) in [5.41, 5.74) is 0.553. The molecule has 0 aliphatic carbocycles. The highest BCUT2D eigenvalue weighted by molar-refractivity contribution is 6.35. The average Bonchev–Trinajstić information content (AvgIpc) is 2.86. The van der Waals surface area contributed by atoms with E-state index in [0.717, 1.165) is 19.5 Å². The van der Waals surface area contributed by atoms with Crippen LogP contribution in [0.3, 0.4) is 0 Å². The Labute approximate surface area is 123 Å². The number of hydrogen-bond donors (Lipinski definition) is 1. The molecule has 0 saturated carbocycles. The third-order valence-electron chi connectivity index (χ3n) is 3.38. The molecule has 1 fully saturated rings. The first kappa shape index (κ1) is 14.6. The molecule has 19 heavy (non-hydrogen) atoms. The van der Waals surface area contributed by atoms with E-state index in [0.29, 0.717) is 28.2 Å². The maximum absolute atomic E-state index is 12.4. The van der Waals surface area contributed by atoms with Gasteiger partial charge in [-0.2, -0.15) is 0 Å². The Morgan fingerprint density at radius 1 is 1.37 bits per heavy atom. The van der Waals surface area contributed by atoms with Crippen LogP contribution in [0.2, 0.25) is 10.0 Å². The summed E-state index contributed by atoms with van der Waals surface area (Å²) in [5.74, 6) is -0.0133. The predicted octanol–water partition coefficient (Wildman–Crippen LogP) is 3.21. The molecule has 1 aliphatic heterocycles. The molecule has 1 amide bonds. The van der Waals surface area contributed by atoms with Gasteiger partial charge in [0.15, 0.2) is 0 Å². The van der Waals surface area contributed by atoms with Crippen molar-refractivity contribution in [3.05, 3.63) is 33.8 Å². The first-order chi connectivity index (χ1) is 9.10. The number of halogens is 2. The zero-order valence-corrected chi connectivity index (χ0v) is 12.5. The summed E-state index contributed by atoms with van der Waals surface area (Å²) in [4.78, 5) is 14.3. The van der Waals surface area contributed by atoms with Gasteiger partial charge in [0, 0.05) is 34.7 Å². The van der Waals surface area contributed by atoms with E-state index in [1.54, 1.807) is 18.2 Å². The molecule has 1 saturated heterocycles. The minimum absolute atomic E-state index is 0.0133. The number of likely N-dealkylation sites (N-methyl/N-ethyl adjacent to an activating group) is 1. The quantitative estimate of drug-likeness (QED) is 0.926. The first-order valence-corrected chi connectivity index (χ1v) is 7.34. The van der Waals surface area contributed by atoms with E-state index in [-0.39, 0.29) is 5.91 Å². The van der Waals surface area contributed by atoms with E-state index < -0.39 is 0 Å². The van der Waals surface area contributed by atoms with Crippen molar-refractivity contribution in [2.75, 3.05) is 19.6 Å². The van der Waals surface area contributed by atoms with Crippen LogP contribution in [0.4, 0.5) is 0 Å². The highest BCUT2D eigenvalue weighted by Crippen LogP contribution is 2.20. The van der Waals surface area contributed by atoms with Crippen molar-refractivity contribution in [1.29, 1.82) is 0 Å². The lowest BCUT2D eigenvalue weighted by atomic mass is 10.1. The van der Waals surface area contributed by atoms with Gasteiger partial charge in [-0.15, -0.1) is 0 Å². The smallest absolute Gasteiger partial charge is 0.254 e. The van der Waals surface area contributed by atoms with Crippen molar-refractivity contribution >= 4 is 29.1 Å². The second-order valence-electron chi connectivity index (χ2n) is 4.80. The number of rotatable bonds is 4. The van der Waals surface area contributed by atoms with Gasteiger partial charge in [-0.05, 0) is 44.5 Å². The SMILES string of the molecule is CCN(CC1CCCN1)C(=O)c1cc(Cl)cc(Cl)c1. The Balaban J connectivity index is 2.10. The lowest BCUT2D eigenvalue weighted by molar-refractivity contribution is 0.0751. The summed E-state index contributed by atoms with van der Waals surface area (Å²) in [6.45, 7) is 4.44. The highest BCUT2D eigenvalue weighted by atomic mass is 35.5. The lowest BCUT2D eigenvalue weighted by Crippen LogP contribution is -2.41. The third-order valence-corrected chi connectivity index (χ3v) is 3.82. The maximum atomic E-state index is 12.4. The van der Waals surface area contributed by atoms with Crippen LogP contribution in [0, 0.1) is 0 Å². The van der Waals surface area contributed by atoms with Crippen LogP contribution in [0.25, 0.3) is 0 Å². The van der Waals surface area contributed by atoms with E-state index in [2.05, 4.69) is 5.32 Å². The number of benzene rings is 1. The number of nitrogens with zero attached hydrogens (tertiary/aromatic N) is 1. The molecule has 1 aromatic carbocycles. The molecule has 1 atom stereocenters. The zero-order valence-electron chi connectivity index (χ0n) is 11.0. The Morgan fingerprint density at radius 3 is 2.58 bits per heavy atom. The standard InChI is InChI=1S/C14H18Cl2N2O/c1-2-18(9-13-4-3-5-17-13)14(19)10-6-11(15)8-12(16)7-10/h6-8,13,17H,2-5,9H2,1H3. The van der Waals surface area contributed by atoms with Crippen molar-refractivity contribution in [3.63, 3.8) is 0 Å². The van der Waals surface area contributed by atoms with Crippen molar-refractivity contribution < 1.29 is 4.79 Å². The van der Waals surface area contributed by atoms with Crippen LogP contribution in [0.15, 0.2) is 18.2 Å². The van der Waals surface area contributed by atoms with Gasteiger partial charge in [-0.25, -0.2) is 0 Å². The zero-order chi connectivity index (χ0) is 13.8. The molecule has 0 spiro atoms. The summed E-state index contributed by atoms with van der Waals surface area (Å²) in [5, 5.41) is 4.39. The van der Waals surface area contributed by atoms with Gasteiger partial charge >= 0.3 is 0 Å². The fraction of sp³-hybridized carbons (Fsp3) is 0.500. The Morgan fingerprint density at radius 2 is 2.05 bits per heavy atom. The van der Waals surface area contributed by atoms with Gasteiger partial charge in [0.25, 0.3) is 5.91 Å². The van der Waals surface area contributed by atoms with Gasteiger partial charge in [-0.3, -0.25) is 4.79 Å². The normalized spacial score (nSPS) is 18.6. The van der Waals surface area contributed by atoms with Crippen molar-refractivity contribution in [2.24, 2.45) is 0 Å². The van der Waals surface area contributed by atoms with Gasteiger partial charge in [0.2, 0.25) is 0 Å². The van der Waals surface area contributed by atoms with E-state index in [4.69, 9.17) is 23.2 Å². The van der Waals surface area contributed by atoms with Crippen molar-refractivity contribution in [2.45, 2.75) is 25.8 Å². The lowest BCUT2D eigenvalue weighted by Gasteiger charge is -2.24. The van der Waals surface area contributed by atoms with Crippen LogP contribution < -0.4 is 5.32 Å². The van der Waals surface area contributed by atoms with Crippen molar-refractivity contribution in [3.8, 4) is 0 Å². The molecule has 0 bridgehead atoms. The molecule has 1 heterocycles. The average molecular weight is 301 g/mol. The van der Waals surface area contributed by atoms with Crippen molar-refractivity contribution in [1.82, 2.24) is 10.2 Å². The Bertz CT molecular complexity index is 439. The third kappa shape index (κ3) is 3.85. The molecular formula is C14H18Cl2N2O. The van der Waals surface area contributed by atoms with Gasteiger partial charge < -0.3 is 10.2 Å². The maximum Gasteiger partial charge on any atom is 0.254 e. The Hall–Kier alpha value is -0.770. The molecule has 0 radical (unpaired) electrons. The number of hydrogen-bond acceptors (Lipinski definition) is 2. The second-order valence-corrected chi connectivity index (χ2v) is 5.67. The minimum Gasteiger partial charge on any atom is -0.337 e. The summed E-state index contributed by atoms with van der Waals surface area (Å²) >= 11 is 11.9. The predicted molar refractivity (Wildman–Crippen MR) is 79.1 cm³/mol. The van der Waals surface area contributed by atoms with Crippen LogP contribution >= 0.6 is 23.2 Å². The summed E-state index contributed by atoms with van der Waals surface area (Å²) < 4.78 is 0.